The van der Waals surface area contributed by atoms with Gasteiger partial charge in [-0.05, 0) is 35.7 Å². The Morgan fingerprint density at radius 1 is 1.00 bits per heavy atom. The van der Waals surface area contributed by atoms with Gasteiger partial charge >= 0.3 is 18.8 Å². The normalized spacial score (nSPS) is 14.8. The van der Waals surface area contributed by atoms with Gasteiger partial charge in [0.15, 0.2) is 5.75 Å². The Morgan fingerprint density at radius 2 is 1.69 bits per heavy atom. The predicted octanol–water partition coefficient (Wildman–Crippen LogP) is 4.41. The molecule has 0 unspecified atom stereocenters. The van der Waals surface area contributed by atoms with E-state index in [1.165, 1.54) is 6.20 Å². The van der Waals surface area contributed by atoms with Crippen molar-refractivity contribution in [3.05, 3.63) is 47.8 Å². The molecule has 1 aliphatic heterocycles. The van der Waals surface area contributed by atoms with Crippen molar-refractivity contribution in [2.45, 2.75) is 32.6 Å². The fraction of sp³-hybridized carbons (Fsp3) is 0.316. The van der Waals surface area contributed by atoms with E-state index in [1.54, 1.807) is 12.3 Å². The minimum absolute atomic E-state index is 0.0164. The second kappa shape index (κ2) is 8.55. The number of imide groups is 1. The van der Waals surface area contributed by atoms with Gasteiger partial charge in [0.25, 0.3) is 5.91 Å². The Hall–Kier alpha value is -3.51. The Balaban J connectivity index is 1.93. The molecule has 7 nitrogen and oxygen atoms in total. The van der Waals surface area contributed by atoms with E-state index in [2.05, 4.69) is 14.5 Å². The number of amides is 3. The molecule has 172 valence electrons. The van der Waals surface area contributed by atoms with Crippen molar-refractivity contribution < 1.29 is 45.4 Å². The topological polar surface area (TPSA) is 72.0 Å². The molecule has 1 aromatic carbocycles. The highest BCUT2D eigenvalue weighted by Gasteiger charge is 2.41. The molecule has 0 aliphatic carbocycles. The molecule has 1 aromatic heterocycles. The SMILES string of the molecule is CCc1cnccc1CN1CC(=O)N(c2ccc(OC(F)(F)F)cc2OC(F)(F)F)C1=O. The summed E-state index contributed by atoms with van der Waals surface area (Å²) in [6.07, 6.45) is -6.81. The van der Waals surface area contributed by atoms with Crippen molar-refractivity contribution in [1.82, 2.24) is 9.88 Å². The number of pyridine rings is 1. The van der Waals surface area contributed by atoms with Gasteiger partial charge in [0.05, 0.1) is 5.69 Å². The zero-order valence-electron chi connectivity index (χ0n) is 16.3. The van der Waals surface area contributed by atoms with Gasteiger partial charge in [-0.1, -0.05) is 6.92 Å². The zero-order valence-corrected chi connectivity index (χ0v) is 16.3. The van der Waals surface area contributed by atoms with Crippen molar-refractivity contribution in [2.24, 2.45) is 0 Å². The average molecular weight is 463 g/mol. The number of anilines is 1. The molecule has 1 saturated heterocycles. The summed E-state index contributed by atoms with van der Waals surface area (Å²) in [6, 6.07) is 2.38. The number of benzene rings is 1. The first-order valence-corrected chi connectivity index (χ1v) is 9.07. The van der Waals surface area contributed by atoms with Crippen LogP contribution in [-0.2, 0) is 17.8 Å². The van der Waals surface area contributed by atoms with Crippen LogP contribution in [-0.4, -0.2) is 41.1 Å². The molecule has 0 N–H and O–H groups in total. The number of aryl methyl sites for hydroxylation is 1. The maximum absolute atomic E-state index is 12.8. The molecule has 1 aliphatic rings. The maximum Gasteiger partial charge on any atom is 0.573 e. The molecule has 2 heterocycles. The van der Waals surface area contributed by atoms with Crippen molar-refractivity contribution in [3.8, 4) is 11.5 Å². The lowest BCUT2D eigenvalue weighted by Crippen LogP contribution is -2.33. The van der Waals surface area contributed by atoms with Crippen LogP contribution in [0.5, 0.6) is 11.5 Å². The third kappa shape index (κ3) is 5.39. The Bertz CT molecular complexity index is 1020. The standard InChI is InChI=1S/C19H15F6N3O4/c1-2-11-8-26-6-5-12(11)9-27-10-16(29)28(17(27)30)14-4-3-13(31-18(20,21)22)7-15(14)32-19(23,24)25/h3-8H,2,9-10H2,1H3. The van der Waals surface area contributed by atoms with Crippen LogP contribution in [0.1, 0.15) is 18.1 Å². The third-order valence-corrected chi connectivity index (χ3v) is 4.42. The van der Waals surface area contributed by atoms with E-state index < -0.39 is 48.4 Å². The molecule has 3 rings (SSSR count). The number of carbonyl (C=O) groups is 2. The summed E-state index contributed by atoms with van der Waals surface area (Å²) in [5, 5.41) is 0. The Kier molecular flexibility index (Phi) is 6.19. The van der Waals surface area contributed by atoms with Crippen LogP contribution in [0.2, 0.25) is 0 Å². The fourth-order valence-corrected chi connectivity index (χ4v) is 3.13. The van der Waals surface area contributed by atoms with E-state index in [9.17, 15) is 35.9 Å². The summed E-state index contributed by atoms with van der Waals surface area (Å²) in [6.45, 7) is 1.39. The van der Waals surface area contributed by atoms with E-state index in [4.69, 9.17) is 0 Å². The highest BCUT2D eigenvalue weighted by molar-refractivity contribution is 6.20. The molecule has 0 radical (unpaired) electrons. The van der Waals surface area contributed by atoms with E-state index in [0.29, 0.717) is 35.1 Å². The smallest absolute Gasteiger partial charge is 0.406 e. The first-order chi connectivity index (χ1) is 14.9. The van der Waals surface area contributed by atoms with Gasteiger partial charge in [-0.25, -0.2) is 9.69 Å². The average Bonchev–Trinajstić information content (AvgIpc) is 2.93. The molecule has 0 bridgehead atoms. The Labute approximate surface area is 177 Å². The second-order valence-corrected chi connectivity index (χ2v) is 6.59. The summed E-state index contributed by atoms with van der Waals surface area (Å²) >= 11 is 0. The van der Waals surface area contributed by atoms with Crippen LogP contribution in [0.25, 0.3) is 0 Å². The monoisotopic (exact) mass is 463 g/mol. The minimum atomic E-state index is -5.30. The van der Waals surface area contributed by atoms with E-state index >= 15 is 0 Å². The number of urea groups is 1. The molecule has 1 fully saturated rings. The molecule has 13 heteroatoms. The highest BCUT2D eigenvalue weighted by atomic mass is 19.4. The van der Waals surface area contributed by atoms with Gasteiger partial charge in [-0.15, -0.1) is 26.3 Å². The zero-order chi connectivity index (χ0) is 23.7. The van der Waals surface area contributed by atoms with Gasteiger partial charge in [0.1, 0.15) is 12.3 Å². The fourth-order valence-electron chi connectivity index (χ4n) is 3.13. The number of aromatic nitrogens is 1. The van der Waals surface area contributed by atoms with Gasteiger partial charge in [-0.2, -0.15) is 0 Å². The van der Waals surface area contributed by atoms with Crippen LogP contribution in [0, 0.1) is 0 Å². The summed E-state index contributed by atoms with van der Waals surface area (Å²) in [5.74, 6) is -3.08. The van der Waals surface area contributed by atoms with Crippen molar-refractivity contribution >= 4 is 17.6 Å². The molecule has 3 amide bonds. The van der Waals surface area contributed by atoms with Gasteiger partial charge in [0.2, 0.25) is 0 Å². The number of ether oxygens (including phenoxy) is 2. The molecular formula is C19H15F6N3O4. The van der Waals surface area contributed by atoms with Crippen molar-refractivity contribution in [3.63, 3.8) is 0 Å². The first kappa shape index (κ1) is 23.2. The maximum atomic E-state index is 12.8. The molecule has 0 atom stereocenters. The predicted molar refractivity (Wildman–Crippen MR) is 96.7 cm³/mol. The lowest BCUT2D eigenvalue weighted by atomic mass is 10.1. The first-order valence-electron chi connectivity index (χ1n) is 9.07. The lowest BCUT2D eigenvalue weighted by molar-refractivity contribution is -0.276. The molecule has 0 spiro atoms. The molecular weight excluding hydrogens is 448 g/mol. The van der Waals surface area contributed by atoms with Gasteiger partial charge in [-0.3, -0.25) is 9.78 Å². The summed E-state index contributed by atoms with van der Waals surface area (Å²) < 4.78 is 83.2. The number of carbonyl (C=O) groups excluding carboxylic acids is 2. The Morgan fingerprint density at radius 3 is 2.31 bits per heavy atom. The second-order valence-electron chi connectivity index (χ2n) is 6.59. The largest absolute Gasteiger partial charge is 0.573 e. The van der Waals surface area contributed by atoms with Crippen LogP contribution in [0.15, 0.2) is 36.7 Å². The van der Waals surface area contributed by atoms with Crippen LogP contribution < -0.4 is 14.4 Å². The minimum Gasteiger partial charge on any atom is -0.406 e. The van der Waals surface area contributed by atoms with E-state index in [1.807, 2.05) is 6.92 Å². The molecule has 2 aromatic rings. The lowest BCUT2D eigenvalue weighted by Gasteiger charge is -2.21. The number of alkyl halides is 6. The van der Waals surface area contributed by atoms with Crippen LogP contribution in [0.3, 0.4) is 0 Å². The number of hydrogen-bond acceptors (Lipinski definition) is 5. The van der Waals surface area contributed by atoms with E-state index in [0.717, 1.165) is 10.5 Å². The van der Waals surface area contributed by atoms with E-state index in [-0.39, 0.29) is 6.54 Å². The summed E-state index contributed by atoms with van der Waals surface area (Å²) in [4.78, 5) is 30.8. The molecule has 32 heavy (non-hydrogen) atoms. The van der Waals surface area contributed by atoms with Crippen LogP contribution >= 0.6 is 0 Å². The number of hydrogen-bond donors (Lipinski definition) is 0. The summed E-state index contributed by atoms with van der Waals surface area (Å²) in [7, 11) is 0. The third-order valence-electron chi connectivity index (χ3n) is 4.42. The quantitative estimate of drug-likeness (QED) is 0.469. The number of rotatable bonds is 6. The highest BCUT2D eigenvalue weighted by Crippen LogP contribution is 2.39. The number of nitrogens with zero attached hydrogens (tertiary/aromatic N) is 3. The van der Waals surface area contributed by atoms with Gasteiger partial charge < -0.3 is 14.4 Å². The number of halogens is 6. The summed E-state index contributed by atoms with van der Waals surface area (Å²) in [5.41, 5.74) is 0.826. The van der Waals surface area contributed by atoms with Gasteiger partial charge in [0, 0.05) is 25.0 Å². The van der Waals surface area contributed by atoms with Crippen molar-refractivity contribution in [2.75, 3.05) is 11.4 Å². The molecule has 0 saturated carbocycles. The van der Waals surface area contributed by atoms with Crippen LogP contribution in [0.4, 0.5) is 36.8 Å². The van der Waals surface area contributed by atoms with Crippen molar-refractivity contribution in [1.29, 1.82) is 0 Å².